The Labute approximate surface area is 121 Å². The van der Waals surface area contributed by atoms with Crippen molar-refractivity contribution >= 4 is 15.8 Å². The maximum absolute atomic E-state index is 10.5. The Balaban J connectivity index is 0.000000345. The van der Waals surface area contributed by atoms with Crippen LogP contribution in [0, 0.1) is 6.92 Å². The summed E-state index contributed by atoms with van der Waals surface area (Å²) in [5.41, 5.74) is 6.99. The molecule has 0 aliphatic rings. The summed E-state index contributed by atoms with van der Waals surface area (Å²) in [6.45, 7) is 5.76. The van der Waals surface area contributed by atoms with Crippen molar-refractivity contribution in [1.82, 2.24) is 0 Å². The van der Waals surface area contributed by atoms with Gasteiger partial charge in [-0.15, -0.1) is 0 Å². The van der Waals surface area contributed by atoms with Crippen LogP contribution in [0.3, 0.4) is 0 Å². The van der Waals surface area contributed by atoms with E-state index in [9.17, 15) is 8.42 Å². The van der Waals surface area contributed by atoms with E-state index in [1.54, 1.807) is 19.1 Å². The van der Waals surface area contributed by atoms with Gasteiger partial charge in [-0.1, -0.05) is 44.2 Å². The van der Waals surface area contributed by atoms with Gasteiger partial charge in [0.25, 0.3) is 10.1 Å². The molecule has 0 spiro atoms. The van der Waals surface area contributed by atoms with Gasteiger partial charge in [0.15, 0.2) is 0 Å². The molecule has 0 bridgehead atoms. The van der Waals surface area contributed by atoms with E-state index in [2.05, 4.69) is 0 Å². The van der Waals surface area contributed by atoms with Crippen molar-refractivity contribution in [3.8, 4) is 0 Å². The highest BCUT2D eigenvalue weighted by Gasteiger charge is 2.07. The molecule has 0 saturated carbocycles. The molecular weight excluding hydrogens is 274 g/mol. The van der Waals surface area contributed by atoms with Crippen molar-refractivity contribution in [2.75, 3.05) is 5.73 Å². The summed E-state index contributed by atoms with van der Waals surface area (Å²) < 4.78 is 29.7. The number of rotatable bonds is 1. The van der Waals surface area contributed by atoms with Crippen molar-refractivity contribution in [3.63, 3.8) is 0 Å². The molecule has 2 aromatic carbocycles. The van der Waals surface area contributed by atoms with Gasteiger partial charge in [0.1, 0.15) is 0 Å². The minimum atomic E-state index is -4.03. The molecule has 2 rings (SSSR count). The van der Waals surface area contributed by atoms with Gasteiger partial charge in [0.2, 0.25) is 0 Å². The third kappa shape index (κ3) is 7.56. The molecule has 0 fully saturated rings. The van der Waals surface area contributed by atoms with Crippen LogP contribution in [-0.2, 0) is 10.1 Å². The average molecular weight is 295 g/mol. The van der Waals surface area contributed by atoms with Gasteiger partial charge in [0, 0.05) is 5.69 Å². The summed E-state index contributed by atoms with van der Waals surface area (Å²) in [5, 5.41) is 0. The van der Waals surface area contributed by atoms with Crippen molar-refractivity contribution in [2.24, 2.45) is 0 Å². The maximum Gasteiger partial charge on any atom is 0.294 e. The number of anilines is 1. The quantitative estimate of drug-likeness (QED) is 0.623. The molecule has 0 atom stereocenters. The maximum atomic E-state index is 10.5. The third-order valence-electron chi connectivity index (χ3n) is 2.09. The highest BCUT2D eigenvalue weighted by molar-refractivity contribution is 7.85. The molecule has 0 aromatic heterocycles. The summed E-state index contributed by atoms with van der Waals surface area (Å²) in [6, 6.07) is 15.6. The summed E-state index contributed by atoms with van der Waals surface area (Å²) in [4.78, 5) is -0.0579. The van der Waals surface area contributed by atoms with Crippen LogP contribution in [0.25, 0.3) is 0 Å². The molecule has 20 heavy (non-hydrogen) atoms. The number of aryl methyl sites for hydroxylation is 1. The van der Waals surface area contributed by atoms with E-state index in [-0.39, 0.29) is 4.90 Å². The first kappa shape index (κ1) is 18.1. The predicted molar refractivity (Wildman–Crippen MR) is 83.2 cm³/mol. The van der Waals surface area contributed by atoms with Gasteiger partial charge >= 0.3 is 0 Å². The summed E-state index contributed by atoms with van der Waals surface area (Å²) in [5.74, 6) is 0. The molecular formula is C15H21NO3S. The largest absolute Gasteiger partial charge is 0.399 e. The van der Waals surface area contributed by atoms with E-state index in [4.69, 9.17) is 10.3 Å². The molecule has 4 nitrogen and oxygen atoms in total. The molecule has 110 valence electrons. The topological polar surface area (TPSA) is 80.4 Å². The Morgan fingerprint density at radius 1 is 0.950 bits per heavy atom. The number of para-hydroxylation sites is 1. The van der Waals surface area contributed by atoms with Gasteiger partial charge in [0.05, 0.1) is 4.90 Å². The Morgan fingerprint density at radius 3 is 1.80 bits per heavy atom. The van der Waals surface area contributed by atoms with Gasteiger partial charge in [-0.25, -0.2) is 0 Å². The first-order valence-electron chi connectivity index (χ1n) is 6.24. The molecule has 2 aromatic rings. The SMILES string of the molecule is CC.Cc1cccc(S(=O)(=O)O)c1.Nc1ccccc1. The lowest BCUT2D eigenvalue weighted by atomic mass is 10.2. The van der Waals surface area contributed by atoms with Crippen LogP contribution < -0.4 is 5.73 Å². The molecule has 3 N–H and O–H groups in total. The highest BCUT2D eigenvalue weighted by atomic mass is 32.2. The Morgan fingerprint density at radius 2 is 1.50 bits per heavy atom. The van der Waals surface area contributed by atoms with Crippen molar-refractivity contribution in [3.05, 3.63) is 60.2 Å². The van der Waals surface area contributed by atoms with Gasteiger partial charge in [-0.2, -0.15) is 8.42 Å². The third-order valence-corrected chi connectivity index (χ3v) is 2.94. The number of nitrogens with two attached hydrogens (primary N) is 1. The Hall–Kier alpha value is -1.85. The fourth-order valence-electron chi connectivity index (χ4n) is 1.23. The van der Waals surface area contributed by atoms with Crippen LogP contribution in [0.2, 0.25) is 0 Å². The molecule has 0 radical (unpaired) electrons. The zero-order chi connectivity index (χ0) is 15.6. The minimum Gasteiger partial charge on any atom is -0.399 e. The number of benzene rings is 2. The van der Waals surface area contributed by atoms with Crippen LogP contribution in [0.15, 0.2) is 59.5 Å². The first-order chi connectivity index (χ1) is 9.39. The predicted octanol–water partition coefficient (Wildman–Crippen LogP) is 3.54. The van der Waals surface area contributed by atoms with Crippen LogP contribution in [0.4, 0.5) is 5.69 Å². The summed E-state index contributed by atoms with van der Waals surface area (Å²) in [7, 11) is -4.03. The lowest BCUT2D eigenvalue weighted by molar-refractivity contribution is 0.483. The van der Waals surface area contributed by atoms with Crippen molar-refractivity contribution < 1.29 is 13.0 Å². The van der Waals surface area contributed by atoms with E-state index >= 15 is 0 Å². The fourth-order valence-corrected chi connectivity index (χ4v) is 1.81. The van der Waals surface area contributed by atoms with E-state index in [1.807, 2.05) is 44.2 Å². The molecule has 0 unspecified atom stereocenters. The Bertz CT molecular complexity index is 596. The second kappa shape index (κ2) is 9.12. The van der Waals surface area contributed by atoms with E-state index < -0.39 is 10.1 Å². The molecule has 0 amide bonds. The average Bonchev–Trinajstić information content (AvgIpc) is 2.42. The van der Waals surface area contributed by atoms with E-state index in [1.165, 1.54) is 12.1 Å². The molecule has 0 aliphatic heterocycles. The van der Waals surface area contributed by atoms with E-state index in [0.717, 1.165) is 11.3 Å². The smallest absolute Gasteiger partial charge is 0.294 e. The molecule has 5 heteroatoms. The standard InChI is InChI=1S/C7H8O3S.C6H7N.C2H6/c1-6-3-2-4-7(5-6)11(8,9)10;7-6-4-2-1-3-5-6;1-2/h2-5H,1H3,(H,8,9,10);1-5H,7H2;1-2H3. The lowest BCUT2D eigenvalue weighted by Crippen LogP contribution is -1.97. The second-order valence-electron chi connectivity index (χ2n) is 3.70. The summed E-state index contributed by atoms with van der Waals surface area (Å²) in [6.07, 6.45) is 0. The van der Waals surface area contributed by atoms with Crippen LogP contribution in [0.5, 0.6) is 0 Å². The Kier molecular flexibility index (Phi) is 8.27. The van der Waals surface area contributed by atoms with E-state index in [0.29, 0.717) is 0 Å². The van der Waals surface area contributed by atoms with Crippen LogP contribution >= 0.6 is 0 Å². The molecule has 0 aliphatic carbocycles. The zero-order valence-electron chi connectivity index (χ0n) is 11.9. The fraction of sp³-hybridized carbons (Fsp3) is 0.200. The molecule has 0 heterocycles. The monoisotopic (exact) mass is 295 g/mol. The van der Waals surface area contributed by atoms with Crippen molar-refractivity contribution in [1.29, 1.82) is 0 Å². The van der Waals surface area contributed by atoms with Gasteiger partial charge in [-0.05, 0) is 36.8 Å². The van der Waals surface area contributed by atoms with Gasteiger partial charge in [-0.3, -0.25) is 4.55 Å². The number of nitrogen functional groups attached to an aromatic ring is 1. The molecule has 0 saturated heterocycles. The normalized spacial score (nSPS) is 9.60. The number of hydrogen-bond donors (Lipinski definition) is 2. The van der Waals surface area contributed by atoms with Crippen LogP contribution in [0.1, 0.15) is 19.4 Å². The highest BCUT2D eigenvalue weighted by Crippen LogP contribution is 2.09. The van der Waals surface area contributed by atoms with Crippen molar-refractivity contribution in [2.45, 2.75) is 25.7 Å². The van der Waals surface area contributed by atoms with Gasteiger partial charge < -0.3 is 5.73 Å². The zero-order valence-corrected chi connectivity index (χ0v) is 12.8. The summed E-state index contributed by atoms with van der Waals surface area (Å²) >= 11 is 0. The lowest BCUT2D eigenvalue weighted by Gasteiger charge is -1.96. The van der Waals surface area contributed by atoms with Crippen LogP contribution in [-0.4, -0.2) is 13.0 Å². The second-order valence-corrected chi connectivity index (χ2v) is 5.12. The number of hydrogen-bond acceptors (Lipinski definition) is 3. The minimum absolute atomic E-state index is 0.0579. The first-order valence-corrected chi connectivity index (χ1v) is 7.68.